The van der Waals surface area contributed by atoms with E-state index in [-0.39, 0.29) is 29.8 Å². The Balaban J connectivity index is 1.41. The summed E-state index contributed by atoms with van der Waals surface area (Å²) in [5.41, 5.74) is 1.53. The zero-order chi connectivity index (χ0) is 19.0. The fraction of sp³-hybridized carbons (Fsp3) is 0.312. The van der Waals surface area contributed by atoms with E-state index in [1.165, 1.54) is 10.4 Å². The summed E-state index contributed by atoms with van der Waals surface area (Å²) in [6, 6.07) is 10.5. The molecule has 1 saturated heterocycles. The Morgan fingerprint density at radius 1 is 1.11 bits per heavy atom. The number of rotatable bonds is 4. The van der Waals surface area contributed by atoms with Gasteiger partial charge in [0.25, 0.3) is 10.0 Å². The Kier molecular flexibility index (Phi) is 4.89. The van der Waals surface area contributed by atoms with E-state index in [9.17, 15) is 13.2 Å². The molecule has 1 amide bonds. The van der Waals surface area contributed by atoms with E-state index >= 15 is 0 Å². The molecule has 0 unspecified atom stereocenters. The summed E-state index contributed by atoms with van der Waals surface area (Å²) < 4.78 is 28.9. The van der Waals surface area contributed by atoms with Crippen LogP contribution in [-0.2, 0) is 21.4 Å². The van der Waals surface area contributed by atoms with Gasteiger partial charge in [-0.15, -0.1) is 16.4 Å². The molecular weight excluding hydrogens is 410 g/mol. The SMILES string of the molecule is O=C(Cn1nnc2ccccc21)N1CCN(S(=O)(=O)c2ccc(Cl)s2)CC1. The summed E-state index contributed by atoms with van der Waals surface area (Å²) in [4.78, 5) is 14.2. The summed E-state index contributed by atoms with van der Waals surface area (Å²) in [7, 11) is -3.57. The van der Waals surface area contributed by atoms with Gasteiger partial charge in [0.1, 0.15) is 16.3 Å². The zero-order valence-electron chi connectivity index (χ0n) is 14.2. The number of piperazine rings is 1. The van der Waals surface area contributed by atoms with Gasteiger partial charge in [0, 0.05) is 26.2 Å². The van der Waals surface area contributed by atoms with Crippen LogP contribution >= 0.6 is 22.9 Å². The highest BCUT2D eigenvalue weighted by molar-refractivity contribution is 7.91. The molecule has 2 aromatic heterocycles. The van der Waals surface area contributed by atoms with Crippen LogP contribution in [0.1, 0.15) is 0 Å². The molecule has 0 N–H and O–H groups in total. The van der Waals surface area contributed by atoms with Crippen LogP contribution in [0.2, 0.25) is 4.34 Å². The van der Waals surface area contributed by atoms with Crippen molar-refractivity contribution in [2.75, 3.05) is 26.2 Å². The first-order valence-corrected chi connectivity index (χ1v) is 10.9. The molecule has 0 bridgehead atoms. The zero-order valence-corrected chi connectivity index (χ0v) is 16.5. The van der Waals surface area contributed by atoms with Crippen LogP contribution in [0.15, 0.2) is 40.6 Å². The van der Waals surface area contributed by atoms with Gasteiger partial charge in [0.15, 0.2) is 0 Å². The van der Waals surface area contributed by atoms with Crippen molar-refractivity contribution in [1.29, 1.82) is 0 Å². The number of para-hydroxylation sites is 1. The normalized spacial score (nSPS) is 16.1. The highest BCUT2D eigenvalue weighted by Gasteiger charge is 2.31. The van der Waals surface area contributed by atoms with Crippen molar-refractivity contribution >= 4 is 49.9 Å². The van der Waals surface area contributed by atoms with E-state index in [0.29, 0.717) is 17.4 Å². The molecule has 0 radical (unpaired) electrons. The van der Waals surface area contributed by atoms with Crippen molar-refractivity contribution in [3.05, 3.63) is 40.7 Å². The standard InChI is InChI=1S/C16H16ClN5O3S2/c17-14-5-6-16(26-14)27(24,25)21-9-7-20(8-10-21)15(23)11-22-13-4-2-1-3-12(13)18-19-22/h1-6H,7-11H2. The first kappa shape index (κ1) is 18.4. The average Bonchev–Trinajstić information content (AvgIpc) is 3.29. The van der Waals surface area contributed by atoms with E-state index in [1.807, 2.05) is 24.3 Å². The molecule has 1 fully saturated rings. The third-order valence-electron chi connectivity index (χ3n) is 4.44. The fourth-order valence-electron chi connectivity index (χ4n) is 3.00. The van der Waals surface area contributed by atoms with Gasteiger partial charge in [-0.25, -0.2) is 13.1 Å². The van der Waals surface area contributed by atoms with Gasteiger partial charge in [0.2, 0.25) is 5.91 Å². The van der Waals surface area contributed by atoms with Gasteiger partial charge in [-0.1, -0.05) is 28.9 Å². The Morgan fingerprint density at radius 3 is 2.56 bits per heavy atom. The number of hydrogen-bond acceptors (Lipinski definition) is 6. The van der Waals surface area contributed by atoms with Crippen molar-refractivity contribution in [1.82, 2.24) is 24.2 Å². The van der Waals surface area contributed by atoms with Crippen molar-refractivity contribution in [3.8, 4) is 0 Å². The van der Waals surface area contributed by atoms with Crippen LogP contribution in [0, 0.1) is 0 Å². The van der Waals surface area contributed by atoms with Crippen LogP contribution in [0.25, 0.3) is 11.0 Å². The molecule has 11 heteroatoms. The lowest BCUT2D eigenvalue weighted by Gasteiger charge is -2.33. The van der Waals surface area contributed by atoms with Gasteiger partial charge in [-0.05, 0) is 24.3 Å². The van der Waals surface area contributed by atoms with Gasteiger partial charge in [-0.3, -0.25) is 4.79 Å². The molecular formula is C16H16ClN5O3S2. The van der Waals surface area contributed by atoms with Crippen molar-refractivity contribution in [3.63, 3.8) is 0 Å². The number of fused-ring (bicyclic) bond motifs is 1. The van der Waals surface area contributed by atoms with Crippen molar-refractivity contribution < 1.29 is 13.2 Å². The highest BCUT2D eigenvalue weighted by Crippen LogP contribution is 2.28. The molecule has 3 heterocycles. The maximum absolute atomic E-state index is 12.6. The Hall–Kier alpha value is -2.01. The summed E-state index contributed by atoms with van der Waals surface area (Å²) in [5, 5.41) is 8.07. The topological polar surface area (TPSA) is 88.4 Å². The second kappa shape index (κ2) is 7.19. The summed E-state index contributed by atoms with van der Waals surface area (Å²) >= 11 is 6.88. The minimum absolute atomic E-state index is 0.0772. The Bertz CT molecular complexity index is 1090. The molecule has 0 saturated carbocycles. The number of hydrogen-bond donors (Lipinski definition) is 0. The molecule has 0 aliphatic carbocycles. The maximum Gasteiger partial charge on any atom is 0.252 e. The van der Waals surface area contributed by atoms with Crippen LogP contribution < -0.4 is 0 Å². The molecule has 1 aromatic carbocycles. The highest BCUT2D eigenvalue weighted by atomic mass is 35.5. The van der Waals surface area contributed by atoms with E-state index in [0.717, 1.165) is 22.4 Å². The van der Waals surface area contributed by atoms with Crippen molar-refractivity contribution in [2.45, 2.75) is 10.8 Å². The molecule has 142 valence electrons. The van der Waals surface area contributed by atoms with Crippen LogP contribution in [0.4, 0.5) is 0 Å². The lowest BCUT2D eigenvalue weighted by molar-refractivity contribution is -0.133. The summed E-state index contributed by atoms with van der Waals surface area (Å²) in [5.74, 6) is -0.109. The molecule has 3 aromatic rings. The van der Waals surface area contributed by atoms with Crippen molar-refractivity contribution in [2.24, 2.45) is 0 Å². The first-order valence-electron chi connectivity index (χ1n) is 8.26. The Morgan fingerprint density at radius 2 is 1.85 bits per heavy atom. The van der Waals surface area contributed by atoms with E-state index in [1.54, 1.807) is 15.6 Å². The van der Waals surface area contributed by atoms with E-state index in [2.05, 4.69) is 10.3 Å². The number of aromatic nitrogens is 3. The third-order valence-corrected chi connectivity index (χ3v) is 8.04. The minimum Gasteiger partial charge on any atom is -0.338 e. The number of amides is 1. The van der Waals surface area contributed by atoms with Crippen LogP contribution in [0.3, 0.4) is 0 Å². The lowest BCUT2D eigenvalue weighted by Crippen LogP contribution is -2.51. The number of carbonyl (C=O) groups excluding carboxylic acids is 1. The van der Waals surface area contributed by atoms with Gasteiger partial charge in [0.05, 0.1) is 9.85 Å². The number of carbonyl (C=O) groups is 1. The largest absolute Gasteiger partial charge is 0.338 e. The number of halogens is 1. The van der Waals surface area contributed by atoms with E-state index < -0.39 is 10.0 Å². The summed E-state index contributed by atoms with van der Waals surface area (Å²) in [6.07, 6.45) is 0. The van der Waals surface area contributed by atoms with Crippen LogP contribution in [-0.4, -0.2) is 64.7 Å². The second-order valence-electron chi connectivity index (χ2n) is 6.08. The number of benzene rings is 1. The molecule has 0 atom stereocenters. The van der Waals surface area contributed by atoms with Gasteiger partial charge >= 0.3 is 0 Å². The van der Waals surface area contributed by atoms with Crippen LogP contribution in [0.5, 0.6) is 0 Å². The number of thiophene rings is 1. The summed E-state index contributed by atoms with van der Waals surface area (Å²) in [6.45, 7) is 1.25. The predicted molar refractivity (Wildman–Crippen MR) is 102 cm³/mol. The smallest absolute Gasteiger partial charge is 0.252 e. The lowest BCUT2D eigenvalue weighted by atomic mass is 10.3. The monoisotopic (exact) mass is 425 g/mol. The van der Waals surface area contributed by atoms with E-state index in [4.69, 9.17) is 11.6 Å². The van der Waals surface area contributed by atoms with Gasteiger partial charge in [-0.2, -0.15) is 4.31 Å². The third kappa shape index (κ3) is 3.57. The number of nitrogens with zero attached hydrogens (tertiary/aromatic N) is 5. The molecule has 27 heavy (non-hydrogen) atoms. The average molecular weight is 426 g/mol. The molecule has 1 aliphatic heterocycles. The minimum atomic E-state index is -3.57. The molecule has 8 nitrogen and oxygen atoms in total. The number of sulfonamides is 1. The first-order chi connectivity index (χ1) is 12.9. The maximum atomic E-state index is 12.6. The predicted octanol–water partition coefficient (Wildman–Crippen LogP) is 1.68. The Labute approximate surface area is 165 Å². The fourth-order valence-corrected chi connectivity index (χ4v) is 6.06. The quantitative estimate of drug-likeness (QED) is 0.634. The molecule has 0 spiro atoms. The molecule has 1 aliphatic rings. The van der Waals surface area contributed by atoms with Gasteiger partial charge < -0.3 is 4.90 Å². The molecule has 4 rings (SSSR count). The second-order valence-corrected chi connectivity index (χ2v) is 9.96.